The Kier molecular flexibility index (Phi) is 2.55. The van der Waals surface area contributed by atoms with Crippen LogP contribution in [0.15, 0.2) is 24.5 Å². The highest BCUT2D eigenvalue weighted by molar-refractivity contribution is 7.91. The highest BCUT2D eigenvalue weighted by atomic mass is 32.2. The maximum absolute atomic E-state index is 12.0. The lowest BCUT2D eigenvalue weighted by Gasteiger charge is -2.09. The van der Waals surface area contributed by atoms with Gasteiger partial charge in [0.25, 0.3) is 0 Å². The summed E-state index contributed by atoms with van der Waals surface area (Å²) in [5, 5.41) is -0.480. The van der Waals surface area contributed by atoms with Gasteiger partial charge in [-0.1, -0.05) is 0 Å². The third kappa shape index (κ3) is 1.68. The van der Waals surface area contributed by atoms with Crippen LogP contribution >= 0.6 is 0 Å². The smallest absolute Gasteiger partial charge is 0.160 e. The summed E-state index contributed by atoms with van der Waals surface area (Å²) in [4.78, 5) is 4.28. The molecule has 0 aliphatic carbocycles. The lowest BCUT2D eigenvalue weighted by atomic mass is 10.2. The van der Waals surface area contributed by atoms with E-state index < -0.39 is 15.1 Å². The molecule has 2 aromatic rings. The minimum absolute atomic E-state index is 0.260. The number of rotatable bonds is 2. The highest BCUT2D eigenvalue weighted by Gasteiger charge is 2.35. The van der Waals surface area contributed by atoms with Gasteiger partial charge in [-0.2, -0.15) is 0 Å². The molecule has 3 heterocycles. The average molecular weight is 266 g/mol. The lowest BCUT2D eigenvalue weighted by molar-refractivity contribution is 0.412. The van der Waals surface area contributed by atoms with Crippen LogP contribution in [0.25, 0.3) is 5.52 Å². The maximum Gasteiger partial charge on any atom is 0.160 e. The Hall–Kier alpha value is -1.56. The first-order chi connectivity index (χ1) is 8.62. The molecule has 0 saturated carbocycles. The van der Waals surface area contributed by atoms with Crippen LogP contribution in [0.3, 0.4) is 0 Å². The molecule has 0 amide bonds. The van der Waals surface area contributed by atoms with E-state index in [4.69, 9.17) is 4.74 Å². The van der Waals surface area contributed by atoms with Gasteiger partial charge in [-0.15, -0.1) is 0 Å². The van der Waals surface area contributed by atoms with Gasteiger partial charge >= 0.3 is 0 Å². The highest BCUT2D eigenvalue weighted by Crippen LogP contribution is 2.34. The molecule has 96 valence electrons. The zero-order valence-corrected chi connectivity index (χ0v) is 10.9. The Bertz CT molecular complexity index is 690. The van der Waals surface area contributed by atoms with E-state index in [1.807, 2.05) is 16.5 Å². The van der Waals surface area contributed by atoms with Crippen LogP contribution < -0.4 is 4.74 Å². The second-order valence-corrected chi connectivity index (χ2v) is 6.78. The molecule has 1 saturated heterocycles. The molecular weight excluding hydrogens is 252 g/mol. The second kappa shape index (κ2) is 3.98. The Morgan fingerprint density at radius 3 is 2.94 bits per heavy atom. The van der Waals surface area contributed by atoms with Crippen molar-refractivity contribution in [1.29, 1.82) is 0 Å². The molecule has 1 aliphatic heterocycles. The summed E-state index contributed by atoms with van der Waals surface area (Å²) in [7, 11) is -1.46. The van der Waals surface area contributed by atoms with E-state index in [1.165, 1.54) is 0 Å². The maximum atomic E-state index is 12.0. The molecule has 0 bridgehead atoms. The van der Waals surface area contributed by atoms with Crippen LogP contribution in [-0.4, -0.2) is 30.7 Å². The van der Waals surface area contributed by atoms with Gasteiger partial charge in [0.15, 0.2) is 9.84 Å². The number of sulfone groups is 1. The van der Waals surface area contributed by atoms with Gasteiger partial charge in [0.05, 0.1) is 30.8 Å². The summed E-state index contributed by atoms with van der Waals surface area (Å²) in [5.74, 6) is 1.55. The van der Waals surface area contributed by atoms with Crippen molar-refractivity contribution in [1.82, 2.24) is 9.38 Å². The Labute approximate surface area is 105 Å². The topological polar surface area (TPSA) is 60.7 Å². The van der Waals surface area contributed by atoms with Gasteiger partial charge in [-0.3, -0.25) is 4.40 Å². The molecule has 0 spiro atoms. The molecule has 2 aromatic heterocycles. The van der Waals surface area contributed by atoms with E-state index in [9.17, 15) is 8.42 Å². The molecule has 0 radical (unpaired) electrons. The molecular formula is C12H14N2O3S. The normalized spacial score (nSPS) is 22.4. The lowest BCUT2D eigenvalue weighted by Crippen LogP contribution is -2.11. The Balaban J connectivity index is 2.17. The molecule has 1 fully saturated rings. The minimum atomic E-state index is -3.05. The van der Waals surface area contributed by atoms with Crippen LogP contribution in [-0.2, 0) is 9.84 Å². The standard InChI is InChI=1S/C12H14N2O3S/c1-17-10-5-4-9-7-13-12(14(9)8-10)11-3-2-6-18(11,15)16/h4-5,7-8,11H,2-3,6H2,1H3. The first-order valence-corrected chi connectivity index (χ1v) is 7.56. The van der Waals surface area contributed by atoms with Crippen molar-refractivity contribution in [2.45, 2.75) is 18.1 Å². The van der Waals surface area contributed by atoms with Crippen LogP contribution in [0.2, 0.25) is 0 Å². The summed E-state index contributed by atoms with van der Waals surface area (Å²) in [6.07, 6.45) is 4.85. The van der Waals surface area contributed by atoms with Crippen molar-refractivity contribution in [3.05, 3.63) is 30.4 Å². The number of ether oxygens (including phenoxy) is 1. The minimum Gasteiger partial charge on any atom is -0.495 e. The van der Waals surface area contributed by atoms with Crippen molar-refractivity contribution in [2.24, 2.45) is 0 Å². The molecule has 1 unspecified atom stereocenters. The largest absolute Gasteiger partial charge is 0.495 e. The number of aromatic nitrogens is 2. The number of methoxy groups -OCH3 is 1. The number of nitrogens with zero attached hydrogens (tertiary/aromatic N) is 2. The third-order valence-corrected chi connectivity index (χ3v) is 5.55. The van der Waals surface area contributed by atoms with E-state index >= 15 is 0 Å². The van der Waals surface area contributed by atoms with Crippen molar-refractivity contribution in [3.63, 3.8) is 0 Å². The summed E-state index contributed by atoms with van der Waals surface area (Å²) in [6.45, 7) is 0. The van der Waals surface area contributed by atoms with Crippen LogP contribution in [0.1, 0.15) is 23.9 Å². The zero-order valence-electron chi connectivity index (χ0n) is 10.0. The van der Waals surface area contributed by atoms with Crippen molar-refractivity contribution in [2.75, 3.05) is 12.9 Å². The molecule has 3 rings (SSSR count). The SMILES string of the molecule is COc1ccc2cnc(C3CCCS3(=O)=O)n2c1. The molecule has 1 aliphatic rings. The molecule has 6 heteroatoms. The molecule has 18 heavy (non-hydrogen) atoms. The van der Waals surface area contributed by atoms with E-state index in [-0.39, 0.29) is 5.75 Å². The van der Waals surface area contributed by atoms with Crippen molar-refractivity contribution < 1.29 is 13.2 Å². The van der Waals surface area contributed by atoms with Gasteiger partial charge in [0.1, 0.15) is 16.8 Å². The van der Waals surface area contributed by atoms with Gasteiger partial charge in [-0.25, -0.2) is 13.4 Å². The van der Waals surface area contributed by atoms with E-state index in [0.29, 0.717) is 24.4 Å². The second-order valence-electron chi connectivity index (χ2n) is 4.48. The van der Waals surface area contributed by atoms with E-state index in [2.05, 4.69) is 4.98 Å². The molecule has 0 aromatic carbocycles. The Morgan fingerprint density at radius 2 is 2.28 bits per heavy atom. The van der Waals surface area contributed by atoms with Crippen molar-refractivity contribution >= 4 is 15.4 Å². The quantitative estimate of drug-likeness (QED) is 0.828. The van der Waals surface area contributed by atoms with Crippen molar-refractivity contribution in [3.8, 4) is 5.75 Å². The summed E-state index contributed by atoms with van der Waals surface area (Å²) in [5.41, 5.74) is 0.882. The number of pyridine rings is 1. The summed E-state index contributed by atoms with van der Waals surface area (Å²) in [6, 6.07) is 3.71. The average Bonchev–Trinajstić information content (AvgIpc) is 2.90. The van der Waals surface area contributed by atoms with E-state index in [0.717, 1.165) is 5.52 Å². The molecule has 0 N–H and O–H groups in total. The van der Waals surface area contributed by atoms with Gasteiger partial charge in [0.2, 0.25) is 0 Å². The first kappa shape index (κ1) is 11.5. The summed E-state index contributed by atoms with van der Waals surface area (Å²) >= 11 is 0. The van der Waals surface area contributed by atoms with E-state index in [1.54, 1.807) is 19.5 Å². The third-order valence-electron chi connectivity index (χ3n) is 3.38. The van der Waals surface area contributed by atoms with Crippen LogP contribution in [0.5, 0.6) is 5.75 Å². The fourth-order valence-corrected chi connectivity index (χ4v) is 4.31. The fraction of sp³-hybridized carbons (Fsp3) is 0.417. The monoisotopic (exact) mass is 266 g/mol. The van der Waals surface area contributed by atoms with Gasteiger partial charge in [-0.05, 0) is 25.0 Å². The number of hydrogen-bond donors (Lipinski definition) is 0. The van der Waals surface area contributed by atoms with Crippen LogP contribution in [0, 0.1) is 0 Å². The van der Waals surface area contributed by atoms with Gasteiger partial charge < -0.3 is 4.74 Å². The number of imidazole rings is 1. The fourth-order valence-electron chi connectivity index (χ4n) is 2.43. The zero-order chi connectivity index (χ0) is 12.8. The molecule has 1 atom stereocenters. The number of fused-ring (bicyclic) bond motifs is 1. The summed E-state index contributed by atoms with van der Waals surface area (Å²) < 4.78 is 30.9. The van der Waals surface area contributed by atoms with Crippen LogP contribution in [0.4, 0.5) is 0 Å². The predicted octanol–water partition coefficient (Wildman–Crippen LogP) is 1.59. The van der Waals surface area contributed by atoms with Gasteiger partial charge in [0, 0.05) is 0 Å². The predicted molar refractivity (Wildman–Crippen MR) is 67.5 cm³/mol. The Morgan fingerprint density at radius 1 is 1.44 bits per heavy atom. The number of hydrogen-bond acceptors (Lipinski definition) is 4. The first-order valence-electron chi connectivity index (χ1n) is 5.84. The molecule has 5 nitrogen and oxygen atoms in total.